The Morgan fingerprint density at radius 3 is 2.52 bits per heavy atom. The third kappa shape index (κ3) is 5.80. The molecule has 0 spiro atoms. The Hall–Kier alpha value is -0.910. The number of rotatable bonds is 4. The minimum absolute atomic E-state index is 0. The smallest absolute Gasteiger partial charge is 0.193 e. The lowest BCUT2D eigenvalue weighted by Gasteiger charge is -2.33. The summed E-state index contributed by atoms with van der Waals surface area (Å²) in [6.07, 6.45) is 3.48. The van der Waals surface area contributed by atoms with Gasteiger partial charge in [0.05, 0.1) is 10.5 Å². The molecule has 25 heavy (non-hydrogen) atoms. The molecule has 1 aliphatic heterocycles. The number of nitrogens with zero attached hydrogens (tertiary/aromatic N) is 4. The fourth-order valence-corrected chi connectivity index (χ4v) is 3.70. The van der Waals surface area contributed by atoms with Crippen molar-refractivity contribution in [3.63, 3.8) is 0 Å². The summed E-state index contributed by atoms with van der Waals surface area (Å²) in [6.45, 7) is 7.27. The third-order valence-electron chi connectivity index (χ3n) is 4.41. The van der Waals surface area contributed by atoms with E-state index >= 15 is 0 Å². The molecule has 0 amide bonds. The molecular formula is C15H29IN6O2S. The summed E-state index contributed by atoms with van der Waals surface area (Å²) in [5.41, 5.74) is 0. The number of aliphatic imine (C=N–C) groups is 1. The Balaban J connectivity index is 0.00000312. The SMILES string of the molecule is CN=C(NCCS(=O)(=O)C(C)(C)C)N1CCC(c2ncn[nH]2)CC1.I. The monoisotopic (exact) mass is 484 g/mol. The van der Waals surface area contributed by atoms with E-state index in [9.17, 15) is 8.42 Å². The zero-order valence-electron chi connectivity index (χ0n) is 15.3. The maximum absolute atomic E-state index is 12.2. The number of aromatic nitrogens is 3. The van der Waals surface area contributed by atoms with Crippen LogP contribution in [0.3, 0.4) is 0 Å². The molecule has 8 nitrogen and oxygen atoms in total. The van der Waals surface area contributed by atoms with Crippen molar-refractivity contribution in [1.29, 1.82) is 0 Å². The Morgan fingerprint density at radius 2 is 2.04 bits per heavy atom. The van der Waals surface area contributed by atoms with Crippen molar-refractivity contribution < 1.29 is 8.42 Å². The number of aromatic amines is 1. The number of sulfone groups is 1. The average molecular weight is 484 g/mol. The van der Waals surface area contributed by atoms with Crippen LogP contribution in [0, 0.1) is 0 Å². The third-order valence-corrected chi connectivity index (χ3v) is 7.02. The van der Waals surface area contributed by atoms with Crippen molar-refractivity contribution >= 4 is 39.8 Å². The molecule has 1 saturated heterocycles. The van der Waals surface area contributed by atoms with Gasteiger partial charge in [-0.1, -0.05) is 0 Å². The summed E-state index contributed by atoms with van der Waals surface area (Å²) >= 11 is 0. The Labute approximate surface area is 167 Å². The van der Waals surface area contributed by atoms with Crippen LogP contribution in [-0.4, -0.2) is 71.6 Å². The average Bonchev–Trinajstić information content (AvgIpc) is 3.05. The highest BCUT2D eigenvalue weighted by Gasteiger charge is 2.29. The summed E-state index contributed by atoms with van der Waals surface area (Å²) in [7, 11) is -1.40. The van der Waals surface area contributed by atoms with Crippen LogP contribution in [0.25, 0.3) is 0 Å². The van der Waals surface area contributed by atoms with E-state index in [1.807, 2.05) is 0 Å². The van der Waals surface area contributed by atoms with Crippen molar-refractivity contribution in [2.75, 3.05) is 32.4 Å². The van der Waals surface area contributed by atoms with Gasteiger partial charge in [-0.15, -0.1) is 24.0 Å². The lowest BCUT2D eigenvalue weighted by molar-refractivity contribution is 0.299. The van der Waals surface area contributed by atoms with Gasteiger partial charge in [0.1, 0.15) is 12.2 Å². The van der Waals surface area contributed by atoms with Gasteiger partial charge in [0.2, 0.25) is 0 Å². The number of hydrogen-bond donors (Lipinski definition) is 2. The zero-order chi connectivity index (χ0) is 17.8. The van der Waals surface area contributed by atoms with Gasteiger partial charge in [0.25, 0.3) is 0 Å². The lowest BCUT2D eigenvalue weighted by Crippen LogP contribution is -2.47. The van der Waals surface area contributed by atoms with E-state index in [1.54, 1.807) is 27.8 Å². The highest BCUT2D eigenvalue weighted by molar-refractivity contribution is 14.0. The Bertz CT molecular complexity index is 646. The van der Waals surface area contributed by atoms with Gasteiger partial charge in [-0.05, 0) is 33.6 Å². The molecule has 0 aliphatic carbocycles. The molecule has 0 unspecified atom stereocenters. The van der Waals surface area contributed by atoms with E-state index in [0.717, 1.165) is 37.7 Å². The summed E-state index contributed by atoms with van der Waals surface area (Å²) in [6, 6.07) is 0. The second-order valence-corrected chi connectivity index (χ2v) is 9.90. The topological polar surface area (TPSA) is 103 Å². The summed E-state index contributed by atoms with van der Waals surface area (Å²) < 4.78 is 23.6. The molecule has 1 aromatic rings. The van der Waals surface area contributed by atoms with Gasteiger partial charge in [0, 0.05) is 32.6 Å². The van der Waals surface area contributed by atoms with Crippen molar-refractivity contribution in [2.45, 2.75) is 44.3 Å². The first kappa shape index (κ1) is 22.1. The van der Waals surface area contributed by atoms with E-state index in [1.165, 1.54) is 6.33 Å². The molecule has 0 radical (unpaired) electrons. The number of piperidine rings is 1. The highest BCUT2D eigenvalue weighted by atomic mass is 127. The highest BCUT2D eigenvalue weighted by Crippen LogP contribution is 2.24. The minimum Gasteiger partial charge on any atom is -0.355 e. The van der Waals surface area contributed by atoms with Crippen LogP contribution in [0.1, 0.15) is 45.4 Å². The fourth-order valence-electron chi connectivity index (χ4n) is 2.71. The standard InChI is InChI=1S/C15H28N6O2S.HI/c1-15(2,3)24(22,23)10-7-17-14(16-4)21-8-5-12(6-9-21)13-18-11-19-20-13;/h11-12H,5-10H2,1-4H3,(H,16,17)(H,18,19,20);1H. The molecule has 2 heterocycles. The number of halogens is 1. The molecule has 0 bridgehead atoms. The van der Waals surface area contributed by atoms with Crippen LogP contribution in [0.15, 0.2) is 11.3 Å². The first-order valence-electron chi connectivity index (χ1n) is 8.28. The second-order valence-electron chi connectivity index (χ2n) is 7.04. The minimum atomic E-state index is -3.13. The van der Waals surface area contributed by atoms with E-state index in [2.05, 4.69) is 30.4 Å². The molecule has 1 aromatic heterocycles. The van der Waals surface area contributed by atoms with E-state index in [-0.39, 0.29) is 29.7 Å². The first-order valence-corrected chi connectivity index (χ1v) is 9.93. The van der Waals surface area contributed by atoms with Crippen molar-refractivity contribution in [3.05, 3.63) is 12.2 Å². The van der Waals surface area contributed by atoms with Crippen LogP contribution in [0.5, 0.6) is 0 Å². The largest absolute Gasteiger partial charge is 0.355 e. The van der Waals surface area contributed by atoms with E-state index < -0.39 is 14.6 Å². The molecule has 0 atom stereocenters. The molecule has 2 rings (SSSR count). The summed E-state index contributed by atoms with van der Waals surface area (Å²) in [5.74, 6) is 2.19. The number of guanidine groups is 1. The lowest BCUT2D eigenvalue weighted by atomic mass is 9.96. The van der Waals surface area contributed by atoms with Crippen molar-refractivity contribution in [1.82, 2.24) is 25.4 Å². The molecule has 144 valence electrons. The predicted molar refractivity (Wildman–Crippen MR) is 110 cm³/mol. The molecule has 10 heteroatoms. The first-order chi connectivity index (χ1) is 11.2. The number of nitrogens with one attached hydrogen (secondary N) is 2. The van der Waals surface area contributed by atoms with Gasteiger partial charge in [-0.3, -0.25) is 10.1 Å². The Kier molecular flexibility index (Phi) is 8.10. The number of likely N-dealkylation sites (tertiary alicyclic amines) is 1. The fraction of sp³-hybridized carbons (Fsp3) is 0.800. The summed E-state index contributed by atoms with van der Waals surface area (Å²) in [4.78, 5) is 10.7. The van der Waals surface area contributed by atoms with Crippen LogP contribution in [0.2, 0.25) is 0 Å². The normalized spacial score (nSPS) is 17.3. The van der Waals surface area contributed by atoms with Crippen LogP contribution in [-0.2, 0) is 9.84 Å². The molecule has 0 saturated carbocycles. The van der Waals surface area contributed by atoms with Crippen LogP contribution < -0.4 is 5.32 Å². The second kappa shape index (κ2) is 9.15. The van der Waals surface area contributed by atoms with Crippen molar-refractivity contribution in [3.8, 4) is 0 Å². The molecule has 0 aromatic carbocycles. The zero-order valence-corrected chi connectivity index (χ0v) is 18.5. The van der Waals surface area contributed by atoms with Crippen LogP contribution >= 0.6 is 24.0 Å². The van der Waals surface area contributed by atoms with E-state index in [0.29, 0.717) is 12.5 Å². The number of H-pyrrole nitrogens is 1. The van der Waals surface area contributed by atoms with Gasteiger partial charge in [-0.2, -0.15) is 5.10 Å². The maximum Gasteiger partial charge on any atom is 0.193 e. The Morgan fingerprint density at radius 1 is 1.40 bits per heavy atom. The van der Waals surface area contributed by atoms with Gasteiger partial charge in [0.15, 0.2) is 15.8 Å². The molecule has 2 N–H and O–H groups in total. The molecular weight excluding hydrogens is 455 g/mol. The van der Waals surface area contributed by atoms with Crippen LogP contribution in [0.4, 0.5) is 0 Å². The summed E-state index contributed by atoms with van der Waals surface area (Å²) in [5, 5.41) is 10.0. The van der Waals surface area contributed by atoms with E-state index in [4.69, 9.17) is 0 Å². The van der Waals surface area contributed by atoms with Gasteiger partial charge >= 0.3 is 0 Å². The van der Waals surface area contributed by atoms with Gasteiger partial charge in [-0.25, -0.2) is 13.4 Å². The maximum atomic E-state index is 12.2. The molecule has 1 aliphatic rings. The number of hydrogen-bond acceptors (Lipinski definition) is 5. The predicted octanol–water partition coefficient (Wildman–Crippen LogP) is 1.39. The van der Waals surface area contributed by atoms with Crippen molar-refractivity contribution in [2.24, 2.45) is 4.99 Å². The quantitative estimate of drug-likeness (QED) is 0.381. The van der Waals surface area contributed by atoms with Gasteiger partial charge < -0.3 is 10.2 Å². The molecule has 1 fully saturated rings.